The third kappa shape index (κ3) is 7.93. The highest BCUT2D eigenvalue weighted by molar-refractivity contribution is 14.0. The van der Waals surface area contributed by atoms with E-state index in [1.54, 1.807) is 12.7 Å². The number of halogens is 1. The largest absolute Gasteiger partial charge is 0.356 e. The second-order valence-electron chi connectivity index (χ2n) is 7.58. The Hall–Kier alpha value is -1.68. The fraction of sp³-hybridized carbons (Fsp3) is 0.571. The zero-order valence-electron chi connectivity index (χ0n) is 17.5. The lowest BCUT2D eigenvalue weighted by Gasteiger charge is -2.38. The molecule has 0 saturated carbocycles. The third-order valence-corrected chi connectivity index (χ3v) is 5.41. The van der Waals surface area contributed by atoms with E-state index in [9.17, 15) is 0 Å². The van der Waals surface area contributed by atoms with E-state index in [2.05, 4.69) is 68.0 Å². The van der Waals surface area contributed by atoms with Crippen LogP contribution < -0.4 is 10.6 Å². The molecule has 160 valence electrons. The second-order valence-corrected chi connectivity index (χ2v) is 7.58. The maximum atomic E-state index is 4.40. The molecule has 1 aromatic carbocycles. The molecule has 2 N–H and O–H groups in total. The van der Waals surface area contributed by atoms with Gasteiger partial charge in [0.05, 0.1) is 0 Å². The molecule has 1 aromatic heterocycles. The first kappa shape index (κ1) is 23.6. The minimum absolute atomic E-state index is 0. The molecular weight excluding hydrogens is 477 g/mol. The average Bonchev–Trinajstić information content (AvgIpc) is 3.23. The molecule has 3 rings (SSSR count). The van der Waals surface area contributed by atoms with Gasteiger partial charge in [0.15, 0.2) is 5.96 Å². The van der Waals surface area contributed by atoms with Crippen LogP contribution in [0.25, 0.3) is 0 Å². The molecule has 7 nitrogen and oxygen atoms in total. The van der Waals surface area contributed by atoms with Gasteiger partial charge in [0, 0.05) is 45.3 Å². The van der Waals surface area contributed by atoms with Gasteiger partial charge in [-0.25, -0.2) is 0 Å². The van der Waals surface area contributed by atoms with Crippen molar-refractivity contribution in [3.8, 4) is 0 Å². The summed E-state index contributed by atoms with van der Waals surface area (Å²) in [6.07, 6.45) is 7.99. The van der Waals surface area contributed by atoms with Gasteiger partial charge in [-0.1, -0.05) is 30.3 Å². The van der Waals surface area contributed by atoms with E-state index < -0.39 is 0 Å². The number of guanidine groups is 1. The number of nitrogens with zero attached hydrogens (tertiary/aromatic N) is 5. The molecular formula is C21H34IN7. The number of aryl methyl sites for hydroxylation is 1. The van der Waals surface area contributed by atoms with E-state index in [1.165, 1.54) is 5.56 Å². The van der Waals surface area contributed by atoms with Gasteiger partial charge < -0.3 is 15.2 Å². The number of benzene rings is 1. The highest BCUT2D eigenvalue weighted by Gasteiger charge is 2.25. The molecule has 0 spiro atoms. The number of aliphatic imine (C=N–C) groups is 1. The number of piperidine rings is 1. The molecule has 1 saturated heterocycles. The van der Waals surface area contributed by atoms with Crippen molar-refractivity contribution >= 4 is 29.9 Å². The average molecular weight is 511 g/mol. The number of unbranched alkanes of at least 4 members (excludes halogenated alkanes) is 1. The smallest absolute Gasteiger partial charge is 0.191 e. The SMILES string of the molecule is CN=C(NCCCCn1cnnc1)NC1CCN(Cc2ccccc2)C(C)C1.I. The lowest BCUT2D eigenvalue weighted by Crippen LogP contribution is -2.51. The normalized spacial score (nSPS) is 20.1. The van der Waals surface area contributed by atoms with E-state index in [4.69, 9.17) is 0 Å². The molecule has 0 radical (unpaired) electrons. The number of rotatable bonds is 8. The van der Waals surface area contributed by atoms with Gasteiger partial charge in [0.1, 0.15) is 12.7 Å². The Bertz CT molecular complexity index is 705. The van der Waals surface area contributed by atoms with Crippen LogP contribution in [-0.4, -0.2) is 57.8 Å². The standard InChI is InChI=1S/C21H33N7.HI/c1-18-14-20(10-13-28(18)15-19-8-4-3-5-9-19)26-21(22-2)23-11-6-7-12-27-16-24-25-17-27;/h3-5,8-9,16-18,20H,6-7,10-15H2,1-2H3,(H2,22,23,26);1H. The van der Waals surface area contributed by atoms with Gasteiger partial charge >= 0.3 is 0 Å². The Morgan fingerprint density at radius 2 is 1.93 bits per heavy atom. The highest BCUT2D eigenvalue weighted by Crippen LogP contribution is 2.19. The fourth-order valence-electron chi connectivity index (χ4n) is 3.76. The van der Waals surface area contributed by atoms with Crippen LogP contribution in [0, 0.1) is 0 Å². The van der Waals surface area contributed by atoms with E-state index >= 15 is 0 Å². The predicted molar refractivity (Wildman–Crippen MR) is 129 cm³/mol. The maximum absolute atomic E-state index is 4.40. The summed E-state index contributed by atoms with van der Waals surface area (Å²) in [4.78, 5) is 6.98. The molecule has 0 amide bonds. The zero-order valence-corrected chi connectivity index (χ0v) is 19.8. The topological polar surface area (TPSA) is 70.4 Å². The molecule has 2 unspecified atom stereocenters. The first-order chi connectivity index (χ1) is 13.7. The van der Waals surface area contributed by atoms with Crippen molar-refractivity contribution in [1.82, 2.24) is 30.3 Å². The van der Waals surface area contributed by atoms with Crippen molar-refractivity contribution in [3.63, 3.8) is 0 Å². The monoisotopic (exact) mass is 511 g/mol. The number of hydrogen-bond acceptors (Lipinski definition) is 4. The van der Waals surface area contributed by atoms with Crippen LogP contribution in [0.2, 0.25) is 0 Å². The molecule has 1 fully saturated rings. The Morgan fingerprint density at radius 1 is 1.17 bits per heavy atom. The van der Waals surface area contributed by atoms with Crippen molar-refractivity contribution < 1.29 is 0 Å². The lowest BCUT2D eigenvalue weighted by atomic mass is 9.97. The number of aromatic nitrogens is 3. The van der Waals surface area contributed by atoms with Crippen molar-refractivity contribution in [1.29, 1.82) is 0 Å². The van der Waals surface area contributed by atoms with Gasteiger partial charge in [-0.2, -0.15) is 0 Å². The van der Waals surface area contributed by atoms with Crippen LogP contribution >= 0.6 is 24.0 Å². The maximum Gasteiger partial charge on any atom is 0.191 e. The Labute approximate surface area is 191 Å². The molecule has 2 aromatic rings. The summed E-state index contributed by atoms with van der Waals surface area (Å²) < 4.78 is 2.01. The van der Waals surface area contributed by atoms with Gasteiger partial charge in [-0.05, 0) is 38.2 Å². The van der Waals surface area contributed by atoms with Crippen LogP contribution in [0.15, 0.2) is 48.0 Å². The van der Waals surface area contributed by atoms with Crippen molar-refractivity contribution in [2.75, 3.05) is 20.1 Å². The van der Waals surface area contributed by atoms with Gasteiger partial charge in [-0.3, -0.25) is 9.89 Å². The van der Waals surface area contributed by atoms with E-state index in [-0.39, 0.29) is 24.0 Å². The number of hydrogen-bond donors (Lipinski definition) is 2. The van der Waals surface area contributed by atoms with E-state index in [0.29, 0.717) is 12.1 Å². The van der Waals surface area contributed by atoms with E-state index in [0.717, 1.165) is 57.8 Å². The minimum atomic E-state index is 0. The first-order valence-electron chi connectivity index (χ1n) is 10.3. The number of likely N-dealkylation sites (tertiary alicyclic amines) is 1. The van der Waals surface area contributed by atoms with Crippen LogP contribution in [0.5, 0.6) is 0 Å². The molecule has 1 aliphatic rings. The quantitative estimate of drug-likeness (QED) is 0.247. The van der Waals surface area contributed by atoms with Crippen LogP contribution in [0.4, 0.5) is 0 Å². The summed E-state index contributed by atoms with van der Waals surface area (Å²) in [6.45, 7) is 6.36. The summed E-state index contributed by atoms with van der Waals surface area (Å²) >= 11 is 0. The molecule has 0 aliphatic carbocycles. The number of nitrogens with one attached hydrogen (secondary N) is 2. The predicted octanol–water partition coefficient (Wildman–Crippen LogP) is 2.89. The highest BCUT2D eigenvalue weighted by atomic mass is 127. The summed E-state index contributed by atoms with van der Waals surface area (Å²) in [6, 6.07) is 11.8. The van der Waals surface area contributed by atoms with Crippen molar-refractivity contribution in [2.24, 2.45) is 4.99 Å². The molecule has 29 heavy (non-hydrogen) atoms. The lowest BCUT2D eigenvalue weighted by molar-refractivity contribution is 0.134. The summed E-state index contributed by atoms with van der Waals surface area (Å²) in [5.41, 5.74) is 1.39. The first-order valence-corrected chi connectivity index (χ1v) is 10.3. The Kier molecular flexibility index (Phi) is 10.4. The summed E-state index contributed by atoms with van der Waals surface area (Å²) in [5, 5.41) is 14.7. The molecule has 8 heteroatoms. The van der Waals surface area contributed by atoms with Crippen LogP contribution in [-0.2, 0) is 13.1 Å². The molecule has 0 bridgehead atoms. The zero-order chi connectivity index (χ0) is 19.6. The third-order valence-electron chi connectivity index (χ3n) is 5.41. The van der Waals surface area contributed by atoms with Gasteiger partial charge in [0.2, 0.25) is 0 Å². The summed E-state index contributed by atoms with van der Waals surface area (Å²) in [7, 11) is 1.85. The van der Waals surface area contributed by atoms with E-state index in [1.807, 2.05) is 11.6 Å². The van der Waals surface area contributed by atoms with Crippen LogP contribution in [0.1, 0.15) is 38.2 Å². The molecule has 2 heterocycles. The fourth-order valence-corrected chi connectivity index (χ4v) is 3.76. The Balaban J connectivity index is 0.00000300. The Morgan fingerprint density at radius 3 is 2.62 bits per heavy atom. The van der Waals surface area contributed by atoms with Crippen molar-refractivity contribution in [2.45, 2.75) is 57.8 Å². The van der Waals surface area contributed by atoms with Crippen LogP contribution in [0.3, 0.4) is 0 Å². The van der Waals surface area contributed by atoms with Crippen molar-refractivity contribution in [3.05, 3.63) is 48.5 Å². The van der Waals surface area contributed by atoms with Gasteiger partial charge in [0.25, 0.3) is 0 Å². The summed E-state index contributed by atoms with van der Waals surface area (Å²) in [5.74, 6) is 0.915. The minimum Gasteiger partial charge on any atom is -0.356 e. The van der Waals surface area contributed by atoms with Gasteiger partial charge in [-0.15, -0.1) is 34.2 Å². The molecule has 2 atom stereocenters. The second kappa shape index (κ2) is 12.8. The molecule has 1 aliphatic heterocycles.